The first kappa shape index (κ1) is 16.9. The van der Waals surface area contributed by atoms with Gasteiger partial charge in [0.25, 0.3) is 5.91 Å². The fraction of sp³-hybridized carbons (Fsp3) is 0.318. The number of piperidine rings is 1. The fourth-order valence-corrected chi connectivity index (χ4v) is 3.87. The number of aromatic nitrogens is 1. The maximum atomic E-state index is 13.0. The molecule has 2 N–H and O–H groups in total. The molecule has 0 atom stereocenters. The highest BCUT2D eigenvalue weighted by Crippen LogP contribution is 2.30. The number of hydrogen-bond acceptors (Lipinski definition) is 2. The zero-order chi connectivity index (χ0) is 18.1. The molecule has 1 saturated heterocycles. The number of nitrogens with zero attached hydrogens (tertiary/aromatic N) is 1. The summed E-state index contributed by atoms with van der Waals surface area (Å²) < 4.78 is 0. The van der Waals surface area contributed by atoms with Crippen LogP contribution in [0.5, 0.6) is 0 Å². The van der Waals surface area contributed by atoms with Crippen LogP contribution in [0.2, 0.25) is 0 Å². The van der Waals surface area contributed by atoms with Gasteiger partial charge in [0.05, 0.1) is 5.56 Å². The zero-order valence-electron chi connectivity index (χ0n) is 15.0. The Morgan fingerprint density at radius 1 is 1.15 bits per heavy atom. The van der Waals surface area contributed by atoms with E-state index in [0.717, 1.165) is 48.4 Å². The first-order valence-electron chi connectivity index (χ1n) is 9.25. The Labute approximate surface area is 153 Å². The third-order valence-electron chi connectivity index (χ3n) is 5.49. The number of H-pyrrole nitrogens is 1. The Balaban J connectivity index is 1.64. The molecule has 2 heterocycles. The summed E-state index contributed by atoms with van der Waals surface area (Å²) in [5, 5.41) is 11.7. The van der Waals surface area contributed by atoms with E-state index in [4.69, 9.17) is 0 Å². The third kappa shape index (κ3) is 3.01. The van der Waals surface area contributed by atoms with Crippen LogP contribution < -0.4 is 0 Å². The largest absolute Gasteiger partial charge is 0.396 e. The number of amides is 1. The van der Waals surface area contributed by atoms with Crippen molar-refractivity contribution in [3.05, 3.63) is 59.8 Å². The Morgan fingerprint density at radius 2 is 1.88 bits per heavy atom. The number of aliphatic hydroxyl groups is 1. The number of hydrogen-bond donors (Lipinski definition) is 2. The maximum absolute atomic E-state index is 13.0. The van der Waals surface area contributed by atoms with Gasteiger partial charge >= 0.3 is 0 Å². The molecule has 3 aromatic rings. The molecule has 0 aliphatic carbocycles. The van der Waals surface area contributed by atoms with Crippen molar-refractivity contribution in [2.24, 2.45) is 5.92 Å². The van der Waals surface area contributed by atoms with Crippen molar-refractivity contribution >= 4 is 16.7 Å². The molecule has 0 saturated carbocycles. The normalized spacial score (nSPS) is 15.5. The summed E-state index contributed by atoms with van der Waals surface area (Å²) in [6.07, 6.45) is 1.75. The summed E-state index contributed by atoms with van der Waals surface area (Å²) in [5.41, 5.74) is 3.75. The number of rotatable bonds is 3. The molecule has 4 heteroatoms. The van der Waals surface area contributed by atoms with Crippen LogP contribution in [-0.4, -0.2) is 40.6 Å². The predicted octanol–water partition coefficient (Wildman–Crippen LogP) is 3.99. The van der Waals surface area contributed by atoms with Gasteiger partial charge in [0.1, 0.15) is 0 Å². The minimum absolute atomic E-state index is 0.0848. The standard InChI is InChI=1S/C22H24N2O2/c1-15-20(22(26)24-11-9-16(14-25)10-12-24)13-21(23-15)19-8-4-6-17-5-2-3-7-18(17)19/h2-8,13,16,23,25H,9-12,14H2,1H3. The Kier molecular flexibility index (Phi) is 4.51. The summed E-state index contributed by atoms with van der Waals surface area (Å²) in [6.45, 7) is 3.62. The van der Waals surface area contributed by atoms with Gasteiger partial charge in [0, 0.05) is 36.6 Å². The number of aryl methyl sites for hydroxylation is 1. The van der Waals surface area contributed by atoms with Gasteiger partial charge in [0.15, 0.2) is 0 Å². The molecule has 2 aromatic carbocycles. The fourth-order valence-electron chi connectivity index (χ4n) is 3.87. The molecule has 0 bridgehead atoms. The Morgan fingerprint density at radius 3 is 2.65 bits per heavy atom. The van der Waals surface area contributed by atoms with E-state index in [0.29, 0.717) is 5.92 Å². The van der Waals surface area contributed by atoms with Gasteiger partial charge in [-0.15, -0.1) is 0 Å². The van der Waals surface area contributed by atoms with Crippen molar-refractivity contribution < 1.29 is 9.90 Å². The lowest BCUT2D eigenvalue weighted by Gasteiger charge is -2.31. The number of aromatic amines is 1. The highest BCUT2D eigenvalue weighted by Gasteiger charge is 2.25. The first-order chi connectivity index (χ1) is 12.7. The predicted molar refractivity (Wildman–Crippen MR) is 104 cm³/mol. The van der Waals surface area contributed by atoms with Crippen molar-refractivity contribution in [2.75, 3.05) is 19.7 Å². The van der Waals surface area contributed by atoms with Crippen LogP contribution in [0.25, 0.3) is 22.0 Å². The second-order valence-corrected chi connectivity index (χ2v) is 7.17. The molecule has 1 aromatic heterocycles. The average molecular weight is 348 g/mol. The molecule has 1 fully saturated rings. The van der Waals surface area contributed by atoms with E-state index in [1.54, 1.807) is 0 Å². The van der Waals surface area contributed by atoms with Gasteiger partial charge in [-0.3, -0.25) is 4.79 Å². The van der Waals surface area contributed by atoms with E-state index in [9.17, 15) is 9.90 Å². The zero-order valence-corrected chi connectivity index (χ0v) is 15.0. The summed E-state index contributed by atoms with van der Waals surface area (Å²) in [7, 11) is 0. The number of aliphatic hydroxyl groups excluding tert-OH is 1. The van der Waals surface area contributed by atoms with E-state index >= 15 is 0 Å². The van der Waals surface area contributed by atoms with E-state index in [2.05, 4.69) is 35.3 Å². The molecule has 0 spiro atoms. The van der Waals surface area contributed by atoms with E-state index < -0.39 is 0 Å². The molecule has 1 aliphatic rings. The van der Waals surface area contributed by atoms with E-state index in [1.165, 1.54) is 10.8 Å². The highest BCUT2D eigenvalue weighted by molar-refractivity contribution is 6.00. The number of likely N-dealkylation sites (tertiary alicyclic amines) is 1. The lowest BCUT2D eigenvalue weighted by molar-refractivity contribution is 0.0650. The average Bonchev–Trinajstić information content (AvgIpc) is 3.08. The number of carbonyl (C=O) groups excluding carboxylic acids is 1. The third-order valence-corrected chi connectivity index (χ3v) is 5.49. The van der Waals surface area contributed by atoms with Crippen molar-refractivity contribution in [3.8, 4) is 11.3 Å². The smallest absolute Gasteiger partial charge is 0.255 e. The van der Waals surface area contributed by atoms with Gasteiger partial charge < -0.3 is 15.0 Å². The minimum atomic E-state index is 0.0848. The molecular formula is C22H24N2O2. The maximum Gasteiger partial charge on any atom is 0.255 e. The van der Waals surface area contributed by atoms with Crippen LogP contribution in [0.4, 0.5) is 0 Å². The molecule has 4 rings (SSSR count). The first-order valence-corrected chi connectivity index (χ1v) is 9.25. The van der Waals surface area contributed by atoms with Crippen molar-refractivity contribution in [2.45, 2.75) is 19.8 Å². The quantitative estimate of drug-likeness (QED) is 0.752. The van der Waals surface area contributed by atoms with Gasteiger partial charge in [-0.25, -0.2) is 0 Å². The van der Waals surface area contributed by atoms with Crippen LogP contribution in [0.1, 0.15) is 28.9 Å². The van der Waals surface area contributed by atoms with Crippen LogP contribution in [0.3, 0.4) is 0 Å². The summed E-state index contributed by atoms with van der Waals surface area (Å²) in [6, 6.07) is 16.5. The van der Waals surface area contributed by atoms with Crippen molar-refractivity contribution in [1.82, 2.24) is 9.88 Å². The Hall–Kier alpha value is -2.59. The second kappa shape index (κ2) is 6.96. The van der Waals surface area contributed by atoms with Gasteiger partial charge in [0.2, 0.25) is 0 Å². The highest BCUT2D eigenvalue weighted by atomic mass is 16.3. The molecule has 0 unspecified atom stereocenters. The molecule has 4 nitrogen and oxygen atoms in total. The monoisotopic (exact) mass is 348 g/mol. The van der Waals surface area contributed by atoms with E-state index in [1.807, 2.05) is 30.0 Å². The molecule has 134 valence electrons. The van der Waals surface area contributed by atoms with Crippen LogP contribution in [-0.2, 0) is 0 Å². The van der Waals surface area contributed by atoms with Gasteiger partial charge in [-0.2, -0.15) is 0 Å². The van der Waals surface area contributed by atoms with E-state index in [-0.39, 0.29) is 12.5 Å². The lowest BCUT2D eigenvalue weighted by atomic mass is 9.97. The molecule has 1 amide bonds. The molecule has 26 heavy (non-hydrogen) atoms. The van der Waals surface area contributed by atoms with Crippen molar-refractivity contribution in [3.63, 3.8) is 0 Å². The van der Waals surface area contributed by atoms with Gasteiger partial charge in [-0.05, 0) is 42.5 Å². The number of nitrogens with one attached hydrogen (secondary N) is 1. The second-order valence-electron chi connectivity index (χ2n) is 7.17. The molecule has 0 radical (unpaired) electrons. The number of carbonyl (C=O) groups is 1. The topological polar surface area (TPSA) is 56.3 Å². The summed E-state index contributed by atoms with van der Waals surface area (Å²) in [5.74, 6) is 0.416. The lowest BCUT2D eigenvalue weighted by Crippen LogP contribution is -2.39. The number of benzene rings is 2. The Bertz CT molecular complexity index is 931. The molecular weight excluding hydrogens is 324 g/mol. The number of fused-ring (bicyclic) bond motifs is 1. The van der Waals surface area contributed by atoms with Crippen LogP contribution in [0, 0.1) is 12.8 Å². The van der Waals surface area contributed by atoms with Crippen molar-refractivity contribution in [1.29, 1.82) is 0 Å². The molecule has 1 aliphatic heterocycles. The van der Waals surface area contributed by atoms with Crippen LogP contribution >= 0.6 is 0 Å². The summed E-state index contributed by atoms with van der Waals surface area (Å²) in [4.78, 5) is 18.3. The SMILES string of the molecule is Cc1[nH]c(-c2cccc3ccccc23)cc1C(=O)N1CCC(CO)CC1. The van der Waals surface area contributed by atoms with Crippen LogP contribution in [0.15, 0.2) is 48.5 Å². The minimum Gasteiger partial charge on any atom is -0.396 e. The van der Waals surface area contributed by atoms with Gasteiger partial charge in [-0.1, -0.05) is 42.5 Å². The summed E-state index contributed by atoms with van der Waals surface area (Å²) >= 11 is 0.